The molecule has 92 valence electrons. The Bertz CT molecular complexity index is 310. The minimum Gasteiger partial charge on any atom is -0.480 e. The molecular formula is C9H15B2NO5. The largest absolute Gasteiger partial charge is 0.480 e. The summed E-state index contributed by atoms with van der Waals surface area (Å²) in [6.07, 6.45) is 0.385. The van der Waals surface area contributed by atoms with Crippen LogP contribution in [0, 0.1) is 0 Å². The van der Waals surface area contributed by atoms with Gasteiger partial charge in [-0.1, -0.05) is 30.3 Å². The first kappa shape index (κ1) is 15.7. The Morgan fingerprint density at radius 3 is 2.18 bits per heavy atom. The number of hydrogen-bond acceptors (Lipinski definition) is 5. The second-order valence-corrected chi connectivity index (χ2v) is 3.10. The lowest BCUT2D eigenvalue weighted by Gasteiger charge is -2.04. The standard InChI is InChI=1S/C9H11NO2.B2H4O3/c10-8(9(11)12)6-7-4-2-1-3-5-7;3-1-5-2-4/h1-5,8H,6,10H2,(H,11,12);1-4H/t8-;/m0./s1. The van der Waals surface area contributed by atoms with Crippen LogP contribution in [0.15, 0.2) is 30.3 Å². The Morgan fingerprint density at radius 1 is 1.29 bits per heavy atom. The zero-order chi connectivity index (χ0) is 13.1. The van der Waals surface area contributed by atoms with Gasteiger partial charge in [0.2, 0.25) is 0 Å². The molecule has 0 amide bonds. The van der Waals surface area contributed by atoms with Crippen LogP contribution < -0.4 is 5.73 Å². The Labute approximate surface area is 101 Å². The van der Waals surface area contributed by atoms with E-state index in [1.165, 1.54) is 0 Å². The maximum absolute atomic E-state index is 10.4. The predicted octanol–water partition coefficient (Wildman–Crippen LogP) is -1.84. The zero-order valence-corrected chi connectivity index (χ0v) is 9.32. The van der Waals surface area contributed by atoms with Crippen LogP contribution in [-0.2, 0) is 15.8 Å². The molecule has 0 unspecified atom stereocenters. The summed E-state index contributed by atoms with van der Waals surface area (Å²) in [6, 6.07) is 8.54. The molecule has 0 aliphatic heterocycles. The minimum absolute atomic E-state index is 0.385. The highest BCUT2D eigenvalue weighted by Crippen LogP contribution is 2.01. The number of carbonyl (C=O) groups is 1. The van der Waals surface area contributed by atoms with E-state index >= 15 is 0 Å². The van der Waals surface area contributed by atoms with E-state index < -0.39 is 27.4 Å². The molecule has 0 spiro atoms. The summed E-state index contributed by atoms with van der Waals surface area (Å²) in [5, 5.41) is 23.9. The first-order valence-electron chi connectivity index (χ1n) is 4.93. The summed E-state index contributed by atoms with van der Waals surface area (Å²) in [4.78, 5) is 10.4. The molecule has 6 nitrogen and oxygen atoms in total. The fourth-order valence-electron chi connectivity index (χ4n) is 0.996. The monoisotopic (exact) mass is 239 g/mol. The lowest BCUT2D eigenvalue weighted by atomic mass is 10.1. The van der Waals surface area contributed by atoms with Crippen molar-refractivity contribution in [3.05, 3.63) is 35.9 Å². The maximum atomic E-state index is 10.4. The van der Waals surface area contributed by atoms with Gasteiger partial charge in [0.15, 0.2) is 0 Å². The number of aliphatic carboxylic acids is 1. The van der Waals surface area contributed by atoms with Crippen LogP contribution in [-0.4, -0.2) is 42.5 Å². The summed E-state index contributed by atoms with van der Waals surface area (Å²) >= 11 is 0. The van der Waals surface area contributed by atoms with Crippen LogP contribution in [0.25, 0.3) is 0 Å². The van der Waals surface area contributed by atoms with Crippen molar-refractivity contribution < 1.29 is 24.5 Å². The van der Waals surface area contributed by atoms with E-state index in [4.69, 9.17) is 20.9 Å². The van der Waals surface area contributed by atoms with Crippen molar-refractivity contribution >= 4 is 21.3 Å². The fraction of sp³-hybridized carbons (Fsp3) is 0.222. The van der Waals surface area contributed by atoms with Crippen molar-refractivity contribution in [1.29, 1.82) is 0 Å². The van der Waals surface area contributed by atoms with E-state index in [0.29, 0.717) is 6.42 Å². The summed E-state index contributed by atoms with van der Waals surface area (Å²) in [5.74, 6) is -0.959. The molecule has 0 radical (unpaired) electrons. The fourth-order valence-corrected chi connectivity index (χ4v) is 0.996. The average Bonchev–Trinajstić information content (AvgIpc) is 2.32. The molecule has 1 rings (SSSR count). The molecule has 8 heteroatoms. The molecule has 1 aromatic rings. The Morgan fingerprint density at radius 2 is 1.82 bits per heavy atom. The van der Waals surface area contributed by atoms with Gasteiger partial charge in [0, 0.05) is 0 Å². The van der Waals surface area contributed by atoms with Crippen molar-refractivity contribution in [2.45, 2.75) is 12.5 Å². The van der Waals surface area contributed by atoms with E-state index in [-0.39, 0.29) is 0 Å². The van der Waals surface area contributed by atoms with E-state index in [1.807, 2.05) is 30.3 Å². The van der Waals surface area contributed by atoms with Crippen LogP contribution in [0.4, 0.5) is 0 Å². The maximum Gasteiger partial charge on any atom is 0.421 e. The smallest absolute Gasteiger partial charge is 0.421 e. The highest BCUT2D eigenvalue weighted by Gasteiger charge is 2.10. The molecule has 0 heterocycles. The van der Waals surface area contributed by atoms with Crippen molar-refractivity contribution in [2.75, 3.05) is 0 Å². The highest BCUT2D eigenvalue weighted by atomic mass is 16.5. The van der Waals surface area contributed by atoms with E-state index in [1.54, 1.807) is 0 Å². The van der Waals surface area contributed by atoms with Crippen molar-refractivity contribution in [2.24, 2.45) is 5.73 Å². The van der Waals surface area contributed by atoms with Gasteiger partial charge in [-0.25, -0.2) is 0 Å². The summed E-state index contributed by atoms with van der Waals surface area (Å²) in [7, 11) is -0.812. The van der Waals surface area contributed by atoms with Gasteiger partial charge < -0.3 is 25.5 Å². The lowest BCUT2D eigenvalue weighted by molar-refractivity contribution is -0.138. The lowest BCUT2D eigenvalue weighted by Crippen LogP contribution is -2.32. The van der Waals surface area contributed by atoms with Gasteiger partial charge in [0.1, 0.15) is 6.04 Å². The minimum atomic E-state index is -0.959. The van der Waals surface area contributed by atoms with Crippen LogP contribution in [0.2, 0.25) is 0 Å². The van der Waals surface area contributed by atoms with Gasteiger partial charge in [-0.05, 0) is 12.0 Å². The van der Waals surface area contributed by atoms with Gasteiger partial charge in [0.25, 0.3) is 0 Å². The Balaban J connectivity index is 0.000000437. The molecule has 0 bridgehead atoms. The van der Waals surface area contributed by atoms with Crippen LogP contribution in [0.5, 0.6) is 0 Å². The molecule has 1 atom stereocenters. The van der Waals surface area contributed by atoms with Gasteiger partial charge in [0.05, 0.1) is 0 Å². The number of hydrogen-bond donors (Lipinski definition) is 4. The van der Waals surface area contributed by atoms with Gasteiger partial charge in [-0.2, -0.15) is 0 Å². The van der Waals surface area contributed by atoms with E-state index in [0.717, 1.165) is 5.56 Å². The number of carboxylic acid groups (broad SMARTS) is 1. The molecule has 0 aliphatic rings. The van der Waals surface area contributed by atoms with E-state index in [9.17, 15) is 4.79 Å². The number of benzene rings is 1. The molecule has 0 aliphatic carbocycles. The van der Waals surface area contributed by atoms with Gasteiger partial charge in [-0.15, -0.1) is 0 Å². The Kier molecular flexibility index (Phi) is 9.08. The Hall–Kier alpha value is -1.34. The predicted molar refractivity (Wildman–Crippen MR) is 65.6 cm³/mol. The number of nitrogens with two attached hydrogens (primary N) is 1. The molecular weight excluding hydrogens is 224 g/mol. The summed E-state index contributed by atoms with van der Waals surface area (Å²) in [6.45, 7) is 0. The van der Waals surface area contributed by atoms with E-state index in [2.05, 4.69) is 4.57 Å². The van der Waals surface area contributed by atoms with Crippen molar-refractivity contribution in [3.8, 4) is 0 Å². The molecule has 0 fully saturated rings. The van der Waals surface area contributed by atoms with Gasteiger partial charge in [-0.3, -0.25) is 4.79 Å². The average molecular weight is 239 g/mol. The second-order valence-electron chi connectivity index (χ2n) is 3.10. The molecule has 1 aromatic carbocycles. The van der Waals surface area contributed by atoms with Crippen molar-refractivity contribution in [3.63, 3.8) is 0 Å². The van der Waals surface area contributed by atoms with Crippen molar-refractivity contribution in [1.82, 2.24) is 0 Å². The molecule has 0 saturated heterocycles. The van der Waals surface area contributed by atoms with Crippen LogP contribution >= 0.6 is 0 Å². The summed E-state index contributed by atoms with van der Waals surface area (Å²) in [5.41, 5.74) is 6.30. The summed E-state index contributed by atoms with van der Waals surface area (Å²) < 4.78 is 3.94. The second kappa shape index (κ2) is 9.86. The third kappa shape index (κ3) is 8.47. The first-order chi connectivity index (χ1) is 8.11. The quantitative estimate of drug-likeness (QED) is 0.449. The third-order valence-corrected chi connectivity index (χ3v) is 1.80. The normalized spacial score (nSPS) is 10.8. The third-order valence-electron chi connectivity index (χ3n) is 1.80. The number of carboxylic acids is 1. The first-order valence-corrected chi connectivity index (χ1v) is 4.93. The molecule has 5 N–H and O–H groups in total. The topological polar surface area (TPSA) is 113 Å². The molecule has 0 saturated carbocycles. The highest BCUT2D eigenvalue weighted by molar-refractivity contribution is 6.32. The number of rotatable bonds is 5. The molecule has 17 heavy (non-hydrogen) atoms. The molecule has 0 aromatic heterocycles. The van der Waals surface area contributed by atoms with Crippen LogP contribution in [0.3, 0.4) is 0 Å². The van der Waals surface area contributed by atoms with Crippen LogP contribution in [0.1, 0.15) is 5.56 Å². The van der Waals surface area contributed by atoms with Gasteiger partial charge >= 0.3 is 21.3 Å². The zero-order valence-electron chi connectivity index (χ0n) is 9.32. The SMILES string of the molecule is N[C@@H](Cc1ccccc1)C(=O)O.OBOBO.